The third-order valence-corrected chi connectivity index (χ3v) is 4.09. The predicted molar refractivity (Wildman–Crippen MR) is 81.2 cm³/mol. The highest BCUT2D eigenvalue weighted by atomic mass is 19.1. The van der Waals surface area contributed by atoms with E-state index in [0.29, 0.717) is 12.7 Å². The van der Waals surface area contributed by atoms with Crippen LogP contribution in [0.4, 0.5) is 4.39 Å². The Morgan fingerprint density at radius 1 is 1.48 bits per heavy atom. The van der Waals surface area contributed by atoms with Crippen LogP contribution in [-0.2, 0) is 17.8 Å². The van der Waals surface area contributed by atoms with Gasteiger partial charge < -0.3 is 4.74 Å². The van der Waals surface area contributed by atoms with Crippen molar-refractivity contribution >= 4 is 5.97 Å². The second kappa shape index (κ2) is 6.87. The number of esters is 1. The molecule has 122 valence electrons. The minimum absolute atomic E-state index is 0.0633. The van der Waals surface area contributed by atoms with Crippen LogP contribution in [0.1, 0.15) is 29.0 Å². The number of methoxy groups -OCH3 is 1. The lowest BCUT2D eigenvalue weighted by Gasteiger charge is -2.24. The van der Waals surface area contributed by atoms with E-state index >= 15 is 0 Å². The number of hydrogen-bond acceptors (Lipinski definition) is 5. The molecule has 7 heteroatoms. The first kappa shape index (κ1) is 15.6. The first-order valence-electron chi connectivity index (χ1n) is 7.62. The van der Waals surface area contributed by atoms with Crippen LogP contribution in [0.25, 0.3) is 0 Å². The maximum absolute atomic E-state index is 13.3. The van der Waals surface area contributed by atoms with E-state index in [-0.39, 0.29) is 11.6 Å². The van der Waals surface area contributed by atoms with Crippen LogP contribution in [0.5, 0.6) is 0 Å². The molecule has 1 aliphatic rings. The highest BCUT2D eigenvalue weighted by Crippen LogP contribution is 2.22. The summed E-state index contributed by atoms with van der Waals surface area (Å²) >= 11 is 0. The van der Waals surface area contributed by atoms with E-state index in [4.69, 9.17) is 0 Å². The molecule has 23 heavy (non-hydrogen) atoms. The zero-order valence-corrected chi connectivity index (χ0v) is 13.0. The number of benzene rings is 1. The van der Waals surface area contributed by atoms with Crippen LogP contribution in [0.3, 0.4) is 0 Å². The van der Waals surface area contributed by atoms with E-state index in [0.717, 1.165) is 31.4 Å². The fourth-order valence-electron chi connectivity index (χ4n) is 2.98. The fraction of sp³-hybridized carbons (Fsp3) is 0.438. The number of aromatic nitrogens is 3. The molecule has 1 aromatic heterocycles. The van der Waals surface area contributed by atoms with E-state index in [2.05, 4.69) is 19.7 Å². The van der Waals surface area contributed by atoms with E-state index < -0.39 is 5.97 Å². The van der Waals surface area contributed by atoms with Crippen molar-refractivity contribution in [3.05, 3.63) is 47.8 Å². The zero-order valence-electron chi connectivity index (χ0n) is 13.0. The van der Waals surface area contributed by atoms with Crippen LogP contribution in [0.2, 0.25) is 0 Å². The van der Waals surface area contributed by atoms with Gasteiger partial charge in [0.05, 0.1) is 13.8 Å². The summed E-state index contributed by atoms with van der Waals surface area (Å²) < 4.78 is 19.6. The normalized spacial score (nSPS) is 18.3. The van der Waals surface area contributed by atoms with Gasteiger partial charge in [0, 0.05) is 12.6 Å². The van der Waals surface area contributed by atoms with E-state index in [1.807, 2.05) is 6.07 Å². The van der Waals surface area contributed by atoms with Gasteiger partial charge in [-0.15, -0.1) is 5.10 Å². The molecule has 0 N–H and O–H groups in total. The molecular weight excluding hydrogens is 299 g/mol. The van der Waals surface area contributed by atoms with Gasteiger partial charge >= 0.3 is 5.97 Å². The Morgan fingerprint density at radius 3 is 3.13 bits per heavy atom. The van der Waals surface area contributed by atoms with Crippen molar-refractivity contribution in [1.82, 2.24) is 19.7 Å². The fourth-order valence-corrected chi connectivity index (χ4v) is 2.98. The van der Waals surface area contributed by atoms with Crippen LogP contribution in [-0.4, -0.2) is 45.3 Å². The van der Waals surface area contributed by atoms with Gasteiger partial charge in [-0.3, -0.25) is 4.90 Å². The zero-order chi connectivity index (χ0) is 16.2. The Kier molecular flexibility index (Phi) is 4.66. The summed E-state index contributed by atoms with van der Waals surface area (Å²) in [5, 5.41) is 4.13. The van der Waals surface area contributed by atoms with Crippen molar-refractivity contribution in [2.45, 2.75) is 32.0 Å². The third kappa shape index (κ3) is 3.73. The Morgan fingerprint density at radius 2 is 2.35 bits per heavy atom. The van der Waals surface area contributed by atoms with Crippen LogP contribution >= 0.6 is 0 Å². The average molecular weight is 318 g/mol. The van der Waals surface area contributed by atoms with Crippen molar-refractivity contribution in [2.75, 3.05) is 13.7 Å². The molecule has 2 heterocycles. The SMILES string of the molecule is COC(=O)c1ncn(CN2CCCC2Cc2cccc(F)c2)n1. The quantitative estimate of drug-likeness (QED) is 0.788. The summed E-state index contributed by atoms with van der Waals surface area (Å²) in [5.41, 5.74) is 0.996. The second-order valence-electron chi connectivity index (χ2n) is 5.68. The molecule has 1 aromatic carbocycles. The van der Waals surface area contributed by atoms with Crippen molar-refractivity contribution in [3.63, 3.8) is 0 Å². The summed E-state index contributed by atoms with van der Waals surface area (Å²) in [4.78, 5) is 17.6. The molecule has 1 aliphatic heterocycles. The molecule has 3 rings (SSSR count). The Balaban J connectivity index is 1.65. The molecule has 1 saturated heterocycles. The maximum Gasteiger partial charge on any atom is 0.377 e. The summed E-state index contributed by atoms with van der Waals surface area (Å²) in [6.45, 7) is 1.51. The summed E-state index contributed by atoms with van der Waals surface area (Å²) in [5.74, 6) is -0.680. The number of carbonyl (C=O) groups excluding carboxylic acids is 1. The third-order valence-electron chi connectivity index (χ3n) is 4.09. The number of ether oxygens (including phenoxy) is 1. The topological polar surface area (TPSA) is 60.2 Å². The highest BCUT2D eigenvalue weighted by molar-refractivity contribution is 5.84. The van der Waals surface area contributed by atoms with Gasteiger partial charge in [-0.1, -0.05) is 12.1 Å². The smallest absolute Gasteiger partial charge is 0.377 e. The number of carbonyl (C=O) groups is 1. The average Bonchev–Trinajstić information content (AvgIpc) is 3.17. The van der Waals surface area contributed by atoms with Gasteiger partial charge in [0.25, 0.3) is 5.82 Å². The largest absolute Gasteiger partial charge is 0.463 e. The van der Waals surface area contributed by atoms with Gasteiger partial charge in [0.15, 0.2) is 0 Å². The lowest BCUT2D eigenvalue weighted by atomic mass is 10.0. The summed E-state index contributed by atoms with van der Waals surface area (Å²) in [7, 11) is 1.30. The Bertz CT molecular complexity index is 688. The van der Waals surface area contributed by atoms with Crippen molar-refractivity contribution in [2.24, 2.45) is 0 Å². The van der Waals surface area contributed by atoms with Gasteiger partial charge in [-0.05, 0) is 37.0 Å². The minimum atomic E-state index is -0.540. The first-order chi connectivity index (χ1) is 11.2. The first-order valence-corrected chi connectivity index (χ1v) is 7.62. The van der Waals surface area contributed by atoms with Gasteiger partial charge in [-0.25, -0.2) is 18.9 Å². The lowest BCUT2D eigenvalue weighted by molar-refractivity contribution is 0.0585. The molecule has 0 radical (unpaired) electrons. The molecule has 1 unspecified atom stereocenters. The van der Waals surface area contributed by atoms with Crippen molar-refractivity contribution in [3.8, 4) is 0 Å². The van der Waals surface area contributed by atoms with Crippen LogP contribution in [0, 0.1) is 5.82 Å². The molecule has 0 spiro atoms. The molecule has 1 atom stereocenters. The second-order valence-corrected chi connectivity index (χ2v) is 5.68. The number of hydrogen-bond donors (Lipinski definition) is 0. The van der Waals surface area contributed by atoms with Crippen LogP contribution in [0.15, 0.2) is 30.6 Å². The molecule has 0 saturated carbocycles. The molecular formula is C16H19FN4O2. The van der Waals surface area contributed by atoms with Crippen molar-refractivity contribution in [1.29, 1.82) is 0 Å². The van der Waals surface area contributed by atoms with Crippen molar-refractivity contribution < 1.29 is 13.9 Å². The molecule has 0 aliphatic carbocycles. The lowest BCUT2D eigenvalue weighted by Crippen LogP contribution is -2.33. The van der Waals surface area contributed by atoms with Gasteiger partial charge in [-0.2, -0.15) is 0 Å². The van der Waals surface area contributed by atoms with Gasteiger partial charge in [0.1, 0.15) is 12.1 Å². The number of nitrogens with zero attached hydrogens (tertiary/aromatic N) is 4. The molecule has 0 amide bonds. The molecule has 6 nitrogen and oxygen atoms in total. The monoisotopic (exact) mass is 318 g/mol. The maximum atomic E-state index is 13.3. The van der Waals surface area contributed by atoms with Gasteiger partial charge in [0.2, 0.25) is 0 Å². The Labute approximate surface area is 133 Å². The number of likely N-dealkylation sites (tertiary alicyclic amines) is 1. The van der Waals surface area contributed by atoms with E-state index in [9.17, 15) is 9.18 Å². The molecule has 2 aromatic rings. The highest BCUT2D eigenvalue weighted by Gasteiger charge is 2.25. The number of halogens is 1. The van der Waals surface area contributed by atoms with Crippen LogP contribution < -0.4 is 0 Å². The van der Waals surface area contributed by atoms with E-state index in [1.54, 1.807) is 16.8 Å². The molecule has 1 fully saturated rings. The molecule has 0 bridgehead atoms. The Hall–Kier alpha value is -2.28. The number of rotatable bonds is 5. The standard InChI is InChI=1S/C16H19FN4O2/c1-23-16(22)15-18-10-21(19-15)11-20-7-3-6-14(20)9-12-4-2-5-13(17)8-12/h2,4-5,8,10,14H,3,6-7,9,11H2,1H3. The predicted octanol–water partition coefficient (Wildman–Crippen LogP) is 1.87. The minimum Gasteiger partial charge on any atom is -0.463 e. The van der Waals surface area contributed by atoms with E-state index in [1.165, 1.54) is 19.5 Å². The summed E-state index contributed by atoms with van der Waals surface area (Å²) in [6.07, 6.45) is 4.49. The summed E-state index contributed by atoms with van der Waals surface area (Å²) in [6, 6.07) is 7.07.